The van der Waals surface area contributed by atoms with Gasteiger partial charge in [-0.05, 0) is 76.1 Å². The van der Waals surface area contributed by atoms with E-state index in [0.717, 1.165) is 22.6 Å². The molecule has 2 N–H and O–H groups in total. The molecule has 0 radical (unpaired) electrons. The Bertz CT molecular complexity index is 1220. The number of aromatic nitrogens is 2. The topological polar surface area (TPSA) is 93.1 Å². The lowest BCUT2D eigenvalue weighted by Crippen LogP contribution is -2.31. The number of sulfonamides is 1. The minimum Gasteiger partial charge on any atom is -0.352 e. The number of benzene rings is 2. The van der Waals surface area contributed by atoms with Crippen LogP contribution in [0, 0.1) is 13.8 Å². The van der Waals surface area contributed by atoms with Crippen LogP contribution in [-0.2, 0) is 16.4 Å². The summed E-state index contributed by atoms with van der Waals surface area (Å²) in [7, 11) is -3.72. The maximum atomic E-state index is 12.6. The van der Waals surface area contributed by atoms with Crippen molar-refractivity contribution in [1.29, 1.82) is 0 Å². The Morgan fingerprint density at radius 3 is 2.38 bits per heavy atom. The van der Waals surface area contributed by atoms with Crippen LogP contribution < -0.4 is 10.0 Å². The molecule has 3 aromatic rings. The first-order chi connectivity index (χ1) is 15.1. The van der Waals surface area contributed by atoms with Crippen LogP contribution in [0.1, 0.15) is 41.2 Å². The van der Waals surface area contributed by atoms with Crippen LogP contribution in [0.15, 0.2) is 53.4 Å². The van der Waals surface area contributed by atoms with Gasteiger partial charge in [0.2, 0.25) is 10.0 Å². The Kier molecular flexibility index (Phi) is 7.38. The summed E-state index contributed by atoms with van der Waals surface area (Å²) in [6.07, 6.45) is 0.619. The van der Waals surface area contributed by atoms with Gasteiger partial charge in [-0.2, -0.15) is 5.10 Å². The number of hydrogen-bond donors (Lipinski definition) is 2. The molecule has 1 aromatic heterocycles. The van der Waals surface area contributed by atoms with Gasteiger partial charge in [0, 0.05) is 18.3 Å². The van der Waals surface area contributed by atoms with Gasteiger partial charge in [0.1, 0.15) is 0 Å². The van der Waals surface area contributed by atoms with Crippen molar-refractivity contribution in [2.24, 2.45) is 0 Å². The van der Waals surface area contributed by atoms with E-state index >= 15 is 0 Å². The first-order valence-corrected chi connectivity index (χ1v) is 12.2. The van der Waals surface area contributed by atoms with Crippen molar-refractivity contribution in [3.8, 4) is 5.69 Å². The van der Waals surface area contributed by atoms with Crippen molar-refractivity contribution >= 4 is 27.5 Å². The zero-order chi connectivity index (χ0) is 23.5. The van der Waals surface area contributed by atoms with E-state index < -0.39 is 15.9 Å². The summed E-state index contributed by atoms with van der Waals surface area (Å²) < 4.78 is 29.2. The number of carbonyl (C=O) groups is 1. The third-order valence-corrected chi connectivity index (χ3v) is 6.76. The van der Waals surface area contributed by atoms with E-state index in [1.54, 1.807) is 13.8 Å². The normalized spacial score (nSPS) is 11.7. The Morgan fingerprint density at radius 2 is 1.78 bits per heavy atom. The zero-order valence-electron chi connectivity index (χ0n) is 18.5. The summed E-state index contributed by atoms with van der Waals surface area (Å²) in [6, 6.07) is 13.8. The number of amides is 1. The standard InChI is InChI=1S/C23H27ClN4O3S/c1-15(2)27-32(30,31)20-9-10-22(24)21(14-20)23(29)25-12-11-18-5-7-19(8-6-18)28-17(4)13-16(3)26-28/h5-10,13-15,27H,11-12H2,1-4H3,(H,25,29). The molecule has 0 aliphatic rings. The summed E-state index contributed by atoms with van der Waals surface area (Å²) >= 11 is 6.15. The molecule has 7 nitrogen and oxygen atoms in total. The monoisotopic (exact) mass is 474 g/mol. The molecule has 32 heavy (non-hydrogen) atoms. The van der Waals surface area contributed by atoms with Crippen LogP contribution in [0.3, 0.4) is 0 Å². The predicted molar refractivity (Wildman–Crippen MR) is 126 cm³/mol. The summed E-state index contributed by atoms with van der Waals surface area (Å²) in [4.78, 5) is 12.6. The van der Waals surface area contributed by atoms with E-state index in [1.807, 2.05) is 48.9 Å². The summed E-state index contributed by atoms with van der Waals surface area (Å²) in [5, 5.41) is 7.48. The molecule has 0 aliphatic heterocycles. The number of rotatable bonds is 8. The van der Waals surface area contributed by atoms with Gasteiger partial charge in [0.25, 0.3) is 5.91 Å². The second-order valence-electron chi connectivity index (χ2n) is 7.93. The van der Waals surface area contributed by atoms with Gasteiger partial charge in [0.05, 0.1) is 26.9 Å². The first kappa shape index (κ1) is 24.0. The zero-order valence-corrected chi connectivity index (χ0v) is 20.1. The third kappa shape index (κ3) is 5.76. The van der Waals surface area contributed by atoms with Crippen molar-refractivity contribution < 1.29 is 13.2 Å². The van der Waals surface area contributed by atoms with Crippen LogP contribution in [0.2, 0.25) is 5.02 Å². The number of hydrogen-bond acceptors (Lipinski definition) is 4. The summed E-state index contributed by atoms with van der Waals surface area (Å²) in [6.45, 7) is 7.80. The maximum Gasteiger partial charge on any atom is 0.252 e. The number of halogens is 1. The average Bonchev–Trinajstić information content (AvgIpc) is 3.05. The number of carbonyl (C=O) groups excluding carboxylic acids is 1. The molecule has 1 amide bonds. The quantitative estimate of drug-likeness (QED) is 0.519. The van der Waals surface area contributed by atoms with Crippen molar-refractivity contribution in [3.63, 3.8) is 0 Å². The summed E-state index contributed by atoms with van der Waals surface area (Å²) in [5.74, 6) is -0.421. The second-order valence-corrected chi connectivity index (χ2v) is 10.1. The fourth-order valence-corrected chi connectivity index (χ4v) is 4.81. The predicted octanol–water partition coefficient (Wildman–Crippen LogP) is 3.80. The van der Waals surface area contributed by atoms with E-state index in [-0.39, 0.29) is 21.5 Å². The van der Waals surface area contributed by atoms with Crippen LogP contribution in [0.5, 0.6) is 0 Å². The molecular formula is C23H27ClN4O3S. The highest BCUT2D eigenvalue weighted by molar-refractivity contribution is 7.89. The van der Waals surface area contributed by atoms with Gasteiger partial charge in [0.15, 0.2) is 0 Å². The lowest BCUT2D eigenvalue weighted by Gasteiger charge is -2.12. The fraction of sp³-hybridized carbons (Fsp3) is 0.304. The highest BCUT2D eigenvalue weighted by atomic mass is 35.5. The minimum atomic E-state index is -3.72. The van der Waals surface area contributed by atoms with E-state index in [0.29, 0.717) is 13.0 Å². The molecule has 0 saturated carbocycles. The number of aryl methyl sites for hydroxylation is 2. The van der Waals surface area contributed by atoms with Crippen LogP contribution in [-0.4, -0.2) is 36.7 Å². The molecule has 0 fully saturated rings. The Labute approximate surface area is 193 Å². The number of nitrogens with one attached hydrogen (secondary N) is 2. The lowest BCUT2D eigenvalue weighted by atomic mass is 10.1. The number of nitrogens with zero attached hydrogens (tertiary/aromatic N) is 2. The van der Waals surface area contributed by atoms with Gasteiger partial charge < -0.3 is 5.32 Å². The fourth-order valence-electron chi connectivity index (χ4n) is 3.33. The largest absolute Gasteiger partial charge is 0.352 e. The molecule has 0 saturated heterocycles. The lowest BCUT2D eigenvalue weighted by molar-refractivity contribution is 0.0954. The molecule has 0 atom stereocenters. The van der Waals surface area contributed by atoms with Crippen molar-refractivity contribution in [2.45, 2.75) is 45.1 Å². The third-order valence-electron chi connectivity index (χ3n) is 4.77. The maximum absolute atomic E-state index is 12.6. The van der Waals surface area contributed by atoms with E-state index in [1.165, 1.54) is 18.2 Å². The SMILES string of the molecule is Cc1cc(C)n(-c2ccc(CCNC(=O)c3cc(S(=O)(=O)NC(C)C)ccc3Cl)cc2)n1. The van der Waals surface area contributed by atoms with Crippen LogP contribution >= 0.6 is 11.6 Å². The molecule has 1 heterocycles. The van der Waals surface area contributed by atoms with Gasteiger partial charge in [-0.25, -0.2) is 17.8 Å². The minimum absolute atomic E-state index is 0.000454. The first-order valence-electron chi connectivity index (χ1n) is 10.3. The average molecular weight is 475 g/mol. The molecule has 0 unspecified atom stereocenters. The van der Waals surface area contributed by atoms with Crippen molar-refractivity contribution in [2.75, 3.05) is 6.54 Å². The van der Waals surface area contributed by atoms with Crippen LogP contribution in [0.4, 0.5) is 0 Å². The van der Waals surface area contributed by atoms with Gasteiger partial charge in [-0.1, -0.05) is 23.7 Å². The van der Waals surface area contributed by atoms with E-state index in [4.69, 9.17) is 11.6 Å². The Hall–Kier alpha value is -2.68. The van der Waals surface area contributed by atoms with E-state index in [9.17, 15) is 13.2 Å². The molecule has 0 spiro atoms. The van der Waals surface area contributed by atoms with E-state index in [2.05, 4.69) is 15.1 Å². The highest BCUT2D eigenvalue weighted by Crippen LogP contribution is 2.21. The highest BCUT2D eigenvalue weighted by Gasteiger charge is 2.19. The molecule has 0 aliphatic carbocycles. The molecule has 170 valence electrons. The molecular weight excluding hydrogens is 448 g/mol. The Morgan fingerprint density at radius 1 is 1.09 bits per heavy atom. The molecule has 2 aromatic carbocycles. The van der Waals surface area contributed by atoms with Gasteiger partial charge >= 0.3 is 0 Å². The Balaban J connectivity index is 1.64. The van der Waals surface area contributed by atoms with Crippen molar-refractivity contribution in [1.82, 2.24) is 19.8 Å². The molecule has 3 rings (SSSR count). The summed E-state index contributed by atoms with van der Waals surface area (Å²) in [5.41, 5.74) is 4.18. The van der Waals surface area contributed by atoms with Gasteiger partial charge in [-0.15, -0.1) is 0 Å². The molecule has 9 heteroatoms. The molecule has 0 bridgehead atoms. The second kappa shape index (κ2) is 9.85. The van der Waals surface area contributed by atoms with Crippen molar-refractivity contribution in [3.05, 3.63) is 76.1 Å². The van der Waals surface area contributed by atoms with Gasteiger partial charge in [-0.3, -0.25) is 4.79 Å². The smallest absolute Gasteiger partial charge is 0.252 e. The van der Waals surface area contributed by atoms with Crippen LogP contribution in [0.25, 0.3) is 5.69 Å².